The van der Waals surface area contributed by atoms with Gasteiger partial charge in [0.05, 0.1) is 0 Å². The molecule has 2 aliphatic rings. The van der Waals surface area contributed by atoms with Gasteiger partial charge in [-0.25, -0.2) is 0 Å². The third-order valence-corrected chi connectivity index (χ3v) is 5.76. The minimum absolute atomic E-state index is 0.734. The van der Waals surface area contributed by atoms with Crippen molar-refractivity contribution in [1.29, 1.82) is 0 Å². The van der Waals surface area contributed by atoms with Crippen molar-refractivity contribution in [3.8, 4) is 0 Å². The van der Waals surface area contributed by atoms with Crippen LogP contribution >= 0.6 is 0 Å². The molecule has 1 atom stereocenters. The lowest BCUT2D eigenvalue weighted by atomic mass is 9.92. The van der Waals surface area contributed by atoms with Gasteiger partial charge in [0.25, 0.3) is 0 Å². The van der Waals surface area contributed by atoms with E-state index in [1.54, 1.807) is 0 Å². The van der Waals surface area contributed by atoms with Gasteiger partial charge >= 0.3 is 0 Å². The number of likely N-dealkylation sites (tertiary alicyclic amines) is 2. The highest BCUT2D eigenvalue weighted by Crippen LogP contribution is 2.24. The van der Waals surface area contributed by atoms with E-state index in [4.69, 9.17) is 0 Å². The molecule has 2 heterocycles. The van der Waals surface area contributed by atoms with E-state index in [1.165, 1.54) is 64.7 Å². The van der Waals surface area contributed by atoms with Gasteiger partial charge in [0.15, 0.2) is 0 Å². The van der Waals surface area contributed by atoms with E-state index >= 15 is 0 Å². The second kappa shape index (κ2) is 18.3. The molecule has 0 N–H and O–H groups in total. The summed E-state index contributed by atoms with van der Waals surface area (Å²) in [4.78, 5) is 5.22. The molecule has 2 heteroatoms. The summed E-state index contributed by atoms with van der Waals surface area (Å²) in [6, 6.07) is 1.58. The van der Waals surface area contributed by atoms with Gasteiger partial charge in [0, 0.05) is 12.1 Å². The molecule has 0 aromatic rings. The summed E-state index contributed by atoms with van der Waals surface area (Å²) in [7, 11) is 0. The van der Waals surface area contributed by atoms with Gasteiger partial charge in [-0.15, -0.1) is 0 Å². The van der Waals surface area contributed by atoms with Gasteiger partial charge in [0.1, 0.15) is 0 Å². The molecule has 160 valence electrons. The van der Waals surface area contributed by atoms with E-state index in [0.29, 0.717) is 0 Å². The molecule has 1 unspecified atom stereocenters. The Morgan fingerprint density at radius 2 is 1.31 bits per heavy atom. The fraction of sp³-hybridized carbons (Fsp3) is 1.00. The maximum Gasteiger partial charge on any atom is 0.0121 e. The topological polar surface area (TPSA) is 6.48 Å². The summed E-state index contributed by atoms with van der Waals surface area (Å²) >= 11 is 0. The second-order valence-electron chi connectivity index (χ2n) is 7.92. The first kappa shape index (κ1) is 28.1. The molecule has 0 amide bonds. The fourth-order valence-corrected chi connectivity index (χ4v) is 4.05. The van der Waals surface area contributed by atoms with Crippen LogP contribution in [0.2, 0.25) is 0 Å². The average Bonchev–Trinajstić information content (AvgIpc) is 2.71. The molecule has 2 nitrogen and oxygen atoms in total. The molecule has 2 aliphatic heterocycles. The molecule has 0 radical (unpaired) electrons. The van der Waals surface area contributed by atoms with Crippen LogP contribution in [0, 0.1) is 11.8 Å². The number of piperidine rings is 2. The van der Waals surface area contributed by atoms with Crippen LogP contribution in [0.15, 0.2) is 0 Å². The molecule has 0 aromatic heterocycles. The van der Waals surface area contributed by atoms with Gasteiger partial charge < -0.3 is 4.90 Å². The lowest BCUT2D eigenvalue weighted by molar-refractivity contribution is 0.0808. The van der Waals surface area contributed by atoms with Crippen molar-refractivity contribution >= 4 is 0 Å². The maximum absolute atomic E-state index is 2.67. The zero-order valence-electron chi connectivity index (χ0n) is 20.3. The summed E-state index contributed by atoms with van der Waals surface area (Å²) in [5.41, 5.74) is 0. The quantitative estimate of drug-likeness (QED) is 0.521. The number of nitrogens with zero attached hydrogens (tertiary/aromatic N) is 2. The SMILES string of the molecule is CC.CC.CC(C)C1CCCCN1C(C)C.CCC1CCN(CC)CC1. The van der Waals surface area contributed by atoms with Crippen molar-refractivity contribution in [2.45, 2.75) is 120 Å². The van der Waals surface area contributed by atoms with E-state index in [9.17, 15) is 0 Å². The highest BCUT2D eigenvalue weighted by atomic mass is 15.2. The smallest absolute Gasteiger partial charge is 0.0121 e. The predicted octanol–water partition coefficient (Wildman–Crippen LogP) is 7.09. The Bertz CT molecular complexity index is 239. The number of hydrogen-bond donors (Lipinski definition) is 0. The Kier molecular flexibility index (Phi) is 19.8. The molecular weight excluding hydrogens is 316 g/mol. The molecular formula is C24H54N2. The van der Waals surface area contributed by atoms with Crippen LogP contribution in [0.4, 0.5) is 0 Å². The summed E-state index contributed by atoms with van der Waals surface area (Å²) in [5, 5.41) is 0. The largest absolute Gasteiger partial charge is 0.304 e. The van der Waals surface area contributed by atoms with Crippen LogP contribution in [-0.2, 0) is 0 Å². The van der Waals surface area contributed by atoms with Crippen molar-refractivity contribution in [1.82, 2.24) is 9.80 Å². The molecule has 26 heavy (non-hydrogen) atoms. The van der Waals surface area contributed by atoms with Gasteiger partial charge in [-0.1, -0.05) is 68.2 Å². The van der Waals surface area contributed by atoms with E-state index < -0.39 is 0 Å². The van der Waals surface area contributed by atoms with Crippen molar-refractivity contribution < 1.29 is 0 Å². The van der Waals surface area contributed by atoms with Crippen LogP contribution in [0.1, 0.15) is 108 Å². The summed E-state index contributed by atoms with van der Waals surface area (Å²) in [6.07, 6.45) is 8.51. The summed E-state index contributed by atoms with van der Waals surface area (Å²) < 4.78 is 0. The number of hydrogen-bond acceptors (Lipinski definition) is 2. The molecule has 0 spiro atoms. The van der Waals surface area contributed by atoms with E-state index in [-0.39, 0.29) is 0 Å². The van der Waals surface area contributed by atoms with Crippen LogP contribution < -0.4 is 0 Å². The van der Waals surface area contributed by atoms with Crippen LogP contribution in [0.25, 0.3) is 0 Å². The van der Waals surface area contributed by atoms with Crippen molar-refractivity contribution in [3.63, 3.8) is 0 Å². The molecule has 0 saturated carbocycles. The monoisotopic (exact) mass is 370 g/mol. The molecule has 2 rings (SSSR count). The van der Waals surface area contributed by atoms with Crippen molar-refractivity contribution in [2.75, 3.05) is 26.2 Å². The Hall–Kier alpha value is -0.0800. The summed E-state index contributed by atoms with van der Waals surface area (Å²) in [5.74, 6) is 1.86. The lowest BCUT2D eigenvalue weighted by Gasteiger charge is -2.40. The first-order valence-corrected chi connectivity index (χ1v) is 12.0. The third-order valence-electron chi connectivity index (χ3n) is 5.76. The maximum atomic E-state index is 2.67. The Morgan fingerprint density at radius 1 is 0.769 bits per heavy atom. The third kappa shape index (κ3) is 11.6. The minimum Gasteiger partial charge on any atom is -0.304 e. The van der Waals surface area contributed by atoms with Crippen molar-refractivity contribution in [2.24, 2.45) is 11.8 Å². The van der Waals surface area contributed by atoms with Gasteiger partial charge in [-0.2, -0.15) is 0 Å². The normalized spacial score (nSPS) is 21.9. The predicted molar refractivity (Wildman–Crippen MR) is 122 cm³/mol. The average molecular weight is 371 g/mol. The van der Waals surface area contributed by atoms with Gasteiger partial charge in [-0.05, 0) is 77.5 Å². The second-order valence-corrected chi connectivity index (χ2v) is 7.92. The molecule has 2 saturated heterocycles. The van der Waals surface area contributed by atoms with Crippen LogP contribution in [-0.4, -0.2) is 48.1 Å². The standard InChI is InChI=1S/C11H23N.C9H19N.2C2H6/c1-9(2)11-7-5-6-8-12(11)10(3)4;1-3-9-5-7-10(4-2)8-6-9;2*1-2/h9-11H,5-8H2,1-4H3;9H,3-8H2,1-2H3;2*1-2H3. The highest BCUT2D eigenvalue weighted by molar-refractivity contribution is 4.81. The first-order valence-electron chi connectivity index (χ1n) is 12.0. The Balaban J connectivity index is 0. The molecule has 2 fully saturated rings. The van der Waals surface area contributed by atoms with Gasteiger partial charge in [0.2, 0.25) is 0 Å². The minimum atomic E-state index is 0.734. The molecule has 0 aliphatic carbocycles. The first-order chi connectivity index (χ1) is 12.5. The molecule has 0 bridgehead atoms. The van der Waals surface area contributed by atoms with Crippen LogP contribution in [0.3, 0.4) is 0 Å². The van der Waals surface area contributed by atoms with E-state index in [0.717, 1.165) is 23.9 Å². The zero-order valence-corrected chi connectivity index (χ0v) is 20.3. The van der Waals surface area contributed by atoms with E-state index in [1.807, 2.05) is 27.7 Å². The molecule has 0 aromatic carbocycles. The van der Waals surface area contributed by atoms with Gasteiger partial charge in [-0.3, -0.25) is 4.90 Å². The highest BCUT2D eigenvalue weighted by Gasteiger charge is 2.26. The Morgan fingerprint density at radius 3 is 1.65 bits per heavy atom. The van der Waals surface area contributed by atoms with Crippen LogP contribution in [0.5, 0.6) is 0 Å². The van der Waals surface area contributed by atoms with E-state index in [2.05, 4.69) is 51.3 Å². The zero-order chi connectivity index (χ0) is 20.5. The fourth-order valence-electron chi connectivity index (χ4n) is 4.05. The number of rotatable bonds is 4. The lowest BCUT2D eigenvalue weighted by Crippen LogP contribution is -2.46. The Labute approximate surface area is 168 Å². The van der Waals surface area contributed by atoms with Crippen molar-refractivity contribution in [3.05, 3.63) is 0 Å². The summed E-state index contributed by atoms with van der Waals surface area (Å²) in [6.45, 7) is 27.2.